The van der Waals surface area contributed by atoms with Crippen LogP contribution in [0.4, 0.5) is 5.69 Å². The molecule has 4 rings (SSSR count). The van der Waals surface area contributed by atoms with E-state index in [-0.39, 0.29) is 5.91 Å². The van der Waals surface area contributed by atoms with Crippen molar-refractivity contribution in [3.05, 3.63) is 52.8 Å². The molecule has 1 amide bonds. The van der Waals surface area contributed by atoms with Crippen molar-refractivity contribution < 1.29 is 9.53 Å². The monoisotopic (exact) mass is 392 g/mol. The summed E-state index contributed by atoms with van der Waals surface area (Å²) in [5.74, 6) is -0.0749. The molecule has 0 N–H and O–H groups in total. The van der Waals surface area contributed by atoms with Gasteiger partial charge in [-0.1, -0.05) is 25.1 Å². The molecule has 0 radical (unpaired) electrons. The summed E-state index contributed by atoms with van der Waals surface area (Å²) in [4.78, 5) is 14.6. The van der Waals surface area contributed by atoms with E-state index < -0.39 is 0 Å². The Labute approximate surface area is 171 Å². The van der Waals surface area contributed by atoms with Crippen LogP contribution in [0.1, 0.15) is 48.7 Å². The van der Waals surface area contributed by atoms with Crippen LogP contribution in [0.15, 0.2) is 40.5 Å². The van der Waals surface area contributed by atoms with Gasteiger partial charge in [-0.05, 0) is 45.2 Å². The maximum absolute atomic E-state index is 12.8. The molecule has 6 heteroatoms. The molecular weight excluding hydrogens is 364 g/mol. The topological polar surface area (TPSA) is 59.2 Å². The zero-order valence-corrected chi connectivity index (χ0v) is 17.4. The van der Waals surface area contributed by atoms with Crippen molar-refractivity contribution in [3.63, 3.8) is 0 Å². The van der Waals surface area contributed by atoms with Gasteiger partial charge in [0, 0.05) is 42.2 Å². The Kier molecular flexibility index (Phi) is 5.62. The number of benzene rings is 1. The Balaban J connectivity index is 1.57. The zero-order chi connectivity index (χ0) is 20.4. The van der Waals surface area contributed by atoms with E-state index in [9.17, 15) is 4.79 Å². The molecule has 0 saturated carbocycles. The molecule has 6 nitrogen and oxygen atoms in total. The van der Waals surface area contributed by atoms with Crippen molar-refractivity contribution in [1.29, 1.82) is 0 Å². The summed E-state index contributed by atoms with van der Waals surface area (Å²) in [7, 11) is 0. The van der Waals surface area contributed by atoms with E-state index in [0.29, 0.717) is 18.4 Å². The quantitative estimate of drug-likeness (QED) is 0.554. The minimum Gasteiger partial charge on any atom is -0.376 e. The molecular formula is C23H28N4O2. The first kappa shape index (κ1) is 19.6. The lowest BCUT2D eigenvalue weighted by molar-refractivity contribution is -0.112. The first-order valence-electron chi connectivity index (χ1n) is 10.4. The van der Waals surface area contributed by atoms with Crippen LogP contribution in [0.3, 0.4) is 0 Å². The van der Waals surface area contributed by atoms with Crippen molar-refractivity contribution in [2.75, 3.05) is 18.1 Å². The van der Waals surface area contributed by atoms with Crippen LogP contribution in [0.5, 0.6) is 0 Å². The maximum Gasteiger partial charge on any atom is 0.279 e. The van der Waals surface area contributed by atoms with Crippen molar-refractivity contribution in [2.45, 2.75) is 52.7 Å². The molecule has 2 aliphatic heterocycles. The molecule has 152 valence electrons. The molecule has 1 fully saturated rings. The summed E-state index contributed by atoms with van der Waals surface area (Å²) >= 11 is 0. The molecule has 0 bridgehead atoms. The predicted molar refractivity (Wildman–Crippen MR) is 116 cm³/mol. The van der Waals surface area contributed by atoms with E-state index >= 15 is 0 Å². The minimum absolute atomic E-state index is 0.0749. The van der Waals surface area contributed by atoms with E-state index in [1.165, 1.54) is 5.69 Å². The van der Waals surface area contributed by atoms with Crippen LogP contribution >= 0.6 is 0 Å². The summed E-state index contributed by atoms with van der Waals surface area (Å²) in [6.45, 7) is 8.68. The number of aryl methyl sites for hydroxylation is 1. The highest BCUT2D eigenvalue weighted by molar-refractivity contribution is 6.54. The van der Waals surface area contributed by atoms with E-state index in [0.717, 1.165) is 54.9 Å². The lowest BCUT2D eigenvalue weighted by Gasteiger charge is -2.14. The van der Waals surface area contributed by atoms with Gasteiger partial charge >= 0.3 is 0 Å². The Morgan fingerprint density at radius 3 is 2.86 bits per heavy atom. The minimum atomic E-state index is -0.0749. The number of nitrogens with zero attached hydrogens (tertiary/aromatic N) is 4. The second kappa shape index (κ2) is 8.33. The highest BCUT2D eigenvalue weighted by atomic mass is 16.5. The molecule has 3 heterocycles. The fourth-order valence-electron chi connectivity index (χ4n) is 4.18. The number of para-hydroxylation sites is 1. The van der Waals surface area contributed by atoms with Gasteiger partial charge in [-0.3, -0.25) is 4.79 Å². The fourth-order valence-corrected chi connectivity index (χ4v) is 4.18. The molecule has 0 aliphatic carbocycles. The molecule has 0 spiro atoms. The zero-order valence-electron chi connectivity index (χ0n) is 17.4. The van der Waals surface area contributed by atoms with Crippen molar-refractivity contribution in [1.82, 2.24) is 4.57 Å². The molecule has 0 unspecified atom stereocenters. The van der Waals surface area contributed by atoms with E-state index in [1.54, 1.807) is 11.1 Å². The highest BCUT2D eigenvalue weighted by Gasteiger charge is 2.33. The van der Waals surface area contributed by atoms with Crippen LogP contribution in [-0.2, 0) is 16.1 Å². The van der Waals surface area contributed by atoms with Crippen LogP contribution in [0.25, 0.3) is 0 Å². The number of ether oxygens (including phenoxy) is 1. The third-order valence-electron chi connectivity index (χ3n) is 5.72. The van der Waals surface area contributed by atoms with Crippen LogP contribution in [0.2, 0.25) is 0 Å². The van der Waals surface area contributed by atoms with Crippen LogP contribution in [-0.4, -0.2) is 41.7 Å². The summed E-state index contributed by atoms with van der Waals surface area (Å²) < 4.78 is 8.06. The van der Waals surface area contributed by atoms with Gasteiger partial charge in [0.05, 0.1) is 18.0 Å². The number of hydrogen-bond donors (Lipinski definition) is 0. The Hall–Kier alpha value is -2.73. The molecule has 2 aromatic rings. The number of amides is 1. The number of aromatic nitrogens is 1. The molecule has 1 atom stereocenters. The van der Waals surface area contributed by atoms with Crippen LogP contribution < -0.4 is 4.90 Å². The first-order valence-corrected chi connectivity index (χ1v) is 10.4. The third-order valence-corrected chi connectivity index (χ3v) is 5.72. The number of hydrogen-bond acceptors (Lipinski definition) is 4. The van der Waals surface area contributed by atoms with Crippen molar-refractivity contribution in [3.8, 4) is 0 Å². The highest BCUT2D eigenvalue weighted by Crippen LogP contribution is 2.29. The largest absolute Gasteiger partial charge is 0.376 e. The van der Waals surface area contributed by atoms with Crippen molar-refractivity contribution >= 4 is 23.5 Å². The van der Waals surface area contributed by atoms with Gasteiger partial charge in [0.25, 0.3) is 5.91 Å². The van der Waals surface area contributed by atoms with Gasteiger partial charge in [0.1, 0.15) is 0 Å². The van der Waals surface area contributed by atoms with Gasteiger partial charge in [0.15, 0.2) is 5.71 Å². The SMILES string of the molecule is CCCN1C(=O)/C(=N/N=C\c2cc(C)n(C[C@@H]3CCCO3)c2C)c2ccccc21. The molecule has 29 heavy (non-hydrogen) atoms. The number of carbonyl (C=O) groups excluding carboxylic acids is 1. The molecule has 2 aliphatic rings. The van der Waals surface area contributed by atoms with Gasteiger partial charge in [-0.25, -0.2) is 0 Å². The molecule has 1 aromatic heterocycles. The average Bonchev–Trinajstić information content (AvgIpc) is 3.39. The van der Waals surface area contributed by atoms with E-state index in [1.807, 2.05) is 24.3 Å². The third kappa shape index (κ3) is 3.77. The number of rotatable bonds is 6. The second-order valence-corrected chi connectivity index (χ2v) is 7.74. The van der Waals surface area contributed by atoms with E-state index in [4.69, 9.17) is 4.74 Å². The first-order chi connectivity index (χ1) is 14.1. The number of fused-ring (bicyclic) bond motifs is 1. The lowest BCUT2D eigenvalue weighted by atomic mass is 10.1. The van der Waals surface area contributed by atoms with Gasteiger partial charge in [-0.15, -0.1) is 5.10 Å². The average molecular weight is 393 g/mol. The standard InChI is InChI=1S/C23H28N4O2/c1-4-11-26-21-10-6-5-9-20(21)22(23(26)28)25-24-14-18-13-16(2)27(17(18)3)15-19-8-7-12-29-19/h5-6,9-10,13-14,19H,4,7-8,11-12,15H2,1-3H3/b24-14-,25-22+/t19-/m0/s1. The molecule has 1 saturated heterocycles. The Morgan fingerprint density at radius 1 is 1.28 bits per heavy atom. The van der Waals surface area contributed by atoms with Crippen molar-refractivity contribution in [2.24, 2.45) is 10.2 Å². The number of carbonyl (C=O) groups is 1. The van der Waals surface area contributed by atoms with Crippen LogP contribution in [0, 0.1) is 13.8 Å². The van der Waals surface area contributed by atoms with Gasteiger partial charge < -0.3 is 14.2 Å². The summed E-state index contributed by atoms with van der Waals surface area (Å²) in [5, 5.41) is 8.60. The Bertz CT molecular complexity index is 967. The van der Waals surface area contributed by atoms with Gasteiger partial charge in [-0.2, -0.15) is 5.10 Å². The summed E-state index contributed by atoms with van der Waals surface area (Å²) in [6, 6.07) is 9.89. The van der Waals surface area contributed by atoms with E-state index in [2.05, 4.69) is 41.6 Å². The predicted octanol–water partition coefficient (Wildman–Crippen LogP) is 3.86. The fraction of sp³-hybridized carbons (Fsp3) is 0.435. The smallest absolute Gasteiger partial charge is 0.279 e. The molecule has 1 aromatic carbocycles. The van der Waals surface area contributed by atoms with Gasteiger partial charge in [0.2, 0.25) is 0 Å². The number of anilines is 1. The summed E-state index contributed by atoms with van der Waals surface area (Å²) in [5.41, 5.74) is 5.54. The lowest BCUT2D eigenvalue weighted by Crippen LogP contribution is -2.30. The summed E-state index contributed by atoms with van der Waals surface area (Å²) in [6.07, 6.45) is 5.19. The normalized spacial score (nSPS) is 20.4. The maximum atomic E-state index is 12.8. The second-order valence-electron chi connectivity index (χ2n) is 7.74. The Morgan fingerprint density at radius 2 is 2.10 bits per heavy atom.